The van der Waals surface area contributed by atoms with Crippen LogP contribution in [0.1, 0.15) is 18.5 Å². The first-order valence-electron chi connectivity index (χ1n) is 7.25. The molecule has 0 atom stereocenters. The third-order valence-corrected chi connectivity index (χ3v) is 4.02. The van der Waals surface area contributed by atoms with Crippen molar-refractivity contribution >= 4 is 5.97 Å². The van der Waals surface area contributed by atoms with Gasteiger partial charge in [-0.25, -0.2) is 9.07 Å². The first kappa shape index (κ1) is 14.6. The Morgan fingerprint density at radius 1 is 1.32 bits per heavy atom. The van der Waals surface area contributed by atoms with Crippen molar-refractivity contribution in [3.8, 4) is 5.69 Å². The smallest absolute Gasteiger partial charge is 0.306 e. The first-order valence-corrected chi connectivity index (χ1v) is 7.25. The summed E-state index contributed by atoms with van der Waals surface area (Å²) in [7, 11) is 0. The Labute approximate surface area is 127 Å². The molecule has 3 rings (SSSR count). The van der Waals surface area contributed by atoms with Gasteiger partial charge in [0.1, 0.15) is 11.5 Å². The molecule has 1 aromatic heterocycles. The monoisotopic (exact) mass is 304 g/mol. The summed E-state index contributed by atoms with van der Waals surface area (Å²) in [6, 6.07) is 6.43. The zero-order valence-electron chi connectivity index (χ0n) is 12.0. The van der Waals surface area contributed by atoms with Crippen molar-refractivity contribution in [1.29, 1.82) is 0 Å². The van der Waals surface area contributed by atoms with E-state index in [2.05, 4.69) is 15.2 Å². The second-order valence-corrected chi connectivity index (χ2v) is 5.48. The molecule has 0 unspecified atom stereocenters. The maximum Gasteiger partial charge on any atom is 0.306 e. The highest BCUT2D eigenvalue weighted by molar-refractivity contribution is 5.70. The van der Waals surface area contributed by atoms with Gasteiger partial charge >= 0.3 is 5.97 Å². The molecule has 0 spiro atoms. The number of carboxylic acid groups (broad SMARTS) is 1. The molecule has 1 aliphatic rings. The third-order valence-electron chi connectivity index (χ3n) is 4.02. The number of aliphatic carboxylic acids is 1. The van der Waals surface area contributed by atoms with E-state index in [1.807, 2.05) is 0 Å². The van der Waals surface area contributed by atoms with E-state index >= 15 is 0 Å². The molecule has 1 aromatic carbocycles. The molecule has 116 valence electrons. The summed E-state index contributed by atoms with van der Waals surface area (Å²) in [4.78, 5) is 13.1. The van der Waals surface area contributed by atoms with Gasteiger partial charge in [0.25, 0.3) is 0 Å². The number of aromatic nitrogens is 3. The summed E-state index contributed by atoms with van der Waals surface area (Å²) in [6.07, 6.45) is 2.89. The Hall–Kier alpha value is -2.28. The van der Waals surface area contributed by atoms with Gasteiger partial charge in [-0.2, -0.15) is 0 Å². The zero-order valence-corrected chi connectivity index (χ0v) is 12.0. The molecular weight excluding hydrogens is 287 g/mol. The van der Waals surface area contributed by atoms with E-state index in [0.29, 0.717) is 38.2 Å². The van der Waals surface area contributed by atoms with E-state index < -0.39 is 5.97 Å². The van der Waals surface area contributed by atoms with Crippen molar-refractivity contribution in [3.63, 3.8) is 0 Å². The molecular formula is C15H17FN4O2. The van der Waals surface area contributed by atoms with E-state index in [-0.39, 0.29) is 11.7 Å². The van der Waals surface area contributed by atoms with E-state index in [1.54, 1.807) is 24.4 Å². The number of carbonyl (C=O) groups is 1. The van der Waals surface area contributed by atoms with Crippen LogP contribution in [0.5, 0.6) is 0 Å². The Morgan fingerprint density at radius 2 is 2.05 bits per heavy atom. The summed E-state index contributed by atoms with van der Waals surface area (Å²) >= 11 is 0. The molecule has 2 heterocycles. The lowest BCUT2D eigenvalue weighted by Gasteiger charge is -2.29. The van der Waals surface area contributed by atoms with Gasteiger partial charge in [-0.15, -0.1) is 5.10 Å². The van der Waals surface area contributed by atoms with Crippen molar-refractivity contribution in [1.82, 2.24) is 19.9 Å². The van der Waals surface area contributed by atoms with Gasteiger partial charge in [0, 0.05) is 6.54 Å². The molecule has 1 saturated heterocycles. The van der Waals surface area contributed by atoms with E-state index in [1.165, 1.54) is 10.7 Å². The van der Waals surface area contributed by atoms with Gasteiger partial charge in [0.15, 0.2) is 0 Å². The number of nitrogens with zero attached hydrogens (tertiary/aromatic N) is 4. The minimum absolute atomic E-state index is 0.258. The average Bonchev–Trinajstić information content (AvgIpc) is 2.96. The maximum absolute atomic E-state index is 13.9. The SMILES string of the molecule is O=C(O)C1CCN(Cc2cnnn2-c2ccccc2F)CC1. The lowest BCUT2D eigenvalue weighted by molar-refractivity contribution is -0.143. The largest absolute Gasteiger partial charge is 0.481 e. The Bertz CT molecular complexity index is 665. The number of likely N-dealkylation sites (tertiary alicyclic amines) is 1. The molecule has 7 heteroatoms. The fourth-order valence-corrected chi connectivity index (χ4v) is 2.76. The highest BCUT2D eigenvalue weighted by atomic mass is 19.1. The van der Waals surface area contributed by atoms with Crippen LogP contribution in [0.4, 0.5) is 4.39 Å². The van der Waals surface area contributed by atoms with Gasteiger partial charge in [-0.05, 0) is 38.1 Å². The highest BCUT2D eigenvalue weighted by Crippen LogP contribution is 2.20. The highest BCUT2D eigenvalue weighted by Gasteiger charge is 2.25. The molecule has 2 aromatic rings. The topological polar surface area (TPSA) is 71.2 Å². The molecule has 0 radical (unpaired) electrons. The van der Waals surface area contributed by atoms with Crippen LogP contribution in [0.3, 0.4) is 0 Å². The van der Waals surface area contributed by atoms with Gasteiger partial charge in [0.2, 0.25) is 0 Å². The van der Waals surface area contributed by atoms with Gasteiger partial charge in [0.05, 0.1) is 17.8 Å². The average molecular weight is 304 g/mol. The summed E-state index contributed by atoms with van der Waals surface area (Å²) in [6.45, 7) is 1.99. The second kappa shape index (κ2) is 6.23. The minimum Gasteiger partial charge on any atom is -0.481 e. The lowest BCUT2D eigenvalue weighted by atomic mass is 9.97. The Morgan fingerprint density at radius 3 is 2.73 bits per heavy atom. The fourth-order valence-electron chi connectivity index (χ4n) is 2.76. The number of para-hydroxylation sites is 1. The number of benzene rings is 1. The second-order valence-electron chi connectivity index (χ2n) is 5.48. The van der Waals surface area contributed by atoms with Crippen molar-refractivity contribution < 1.29 is 14.3 Å². The van der Waals surface area contributed by atoms with Gasteiger partial charge in [-0.1, -0.05) is 17.3 Å². The molecule has 0 aliphatic carbocycles. The fraction of sp³-hybridized carbons (Fsp3) is 0.400. The standard InChI is InChI=1S/C15H17FN4O2/c16-13-3-1-2-4-14(13)20-12(9-17-18-20)10-19-7-5-11(6-8-19)15(21)22/h1-4,9,11H,5-8,10H2,(H,21,22). The van der Waals surface area contributed by atoms with Crippen LogP contribution in [-0.2, 0) is 11.3 Å². The normalized spacial score (nSPS) is 16.8. The number of hydrogen-bond donors (Lipinski definition) is 1. The number of hydrogen-bond acceptors (Lipinski definition) is 4. The molecule has 22 heavy (non-hydrogen) atoms. The zero-order chi connectivity index (χ0) is 15.5. The van der Waals surface area contributed by atoms with Crippen LogP contribution in [0.2, 0.25) is 0 Å². The number of carboxylic acids is 1. The molecule has 1 aliphatic heterocycles. The molecule has 0 saturated carbocycles. The third kappa shape index (κ3) is 2.99. The van der Waals surface area contributed by atoms with Gasteiger partial charge < -0.3 is 5.11 Å². The quantitative estimate of drug-likeness (QED) is 0.931. The predicted octanol–water partition coefficient (Wildman–Crippen LogP) is 1.70. The van der Waals surface area contributed by atoms with Crippen LogP contribution in [0, 0.1) is 11.7 Å². The number of piperidine rings is 1. The van der Waals surface area contributed by atoms with Crippen molar-refractivity contribution in [3.05, 3.63) is 42.0 Å². The molecule has 1 N–H and O–H groups in total. The number of halogens is 1. The molecule has 6 nitrogen and oxygen atoms in total. The van der Waals surface area contributed by atoms with Crippen LogP contribution in [0.15, 0.2) is 30.5 Å². The summed E-state index contributed by atoms with van der Waals surface area (Å²) in [5.74, 6) is -1.33. The molecule has 0 bridgehead atoms. The first-order chi connectivity index (χ1) is 10.6. The van der Waals surface area contributed by atoms with E-state index in [0.717, 1.165) is 5.69 Å². The minimum atomic E-state index is -0.724. The van der Waals surface area contributed by atoms with Crippen molar-refractivity contribution in [2.24, 2.45) is 5.92 Å². The van der Waals surface area contributed by atoms with Crippen molar-refractivity contribution in [2.45, 2.75) is 19.4 Å². The summed E-state index contributed by atoms with van der Waals surface area (Å²) in [5, 5.41) is 16.9. The maximum atomic E-state index is 13.9. The number of rotatable bonds is 4. The van der Waals surface area contributed by atoms with Crippen LogP contribution < -0.4 is 0 Å². The van der Waals surface area contributed by atoms with Crippen molar-refractivity contribution in [2.75, 3.05) is 13.1 Å². The van der Waals surface area contributed by atoms with Crippen LogP contribution in [-0.4, -0.2) is 44.1 Å². The van der Waals surface area contributed by atoms with Crippen LogP contribution >= 0.6 is 0 Å². The Balaban J connectivity index is 1.72. The molecule has 1 fully saturated rings. The predicted molar refractivity (Wildman–Crippen MR) is 77.0 cm³/mol. The lowest BCUT2D eigenvalue weighted by Crippen LogP contribution is -2.36. The summed E-state index contributed by atoms with van der Waals surface area (Å²) in [5.41, 5.74) is 1.16. The molecule has 0 amide bonds. The van der Waals surface area contributed by atoms with Crippen LogP contribution in [0.25, 0.3) is 5.69 Å². The van der Waals surface area contributed by atoms with E-state index in [9.17, 15) is 9.18 Å². The van der Waals surface area contributed by atoms with E-state index in [4.69, 9.17) is 5.11 Å². The summed E-state index contributed by atoms with van der Waals surface area (Å²) < 4.78 is 15.4. The Kier molecular flexibility index (Phi) is 4.15. The van der Waals surface area contributed by atoms with Gasteiger partial charge in [-0.3, -0.25) is 9.69 Å².